The third kappa shape index (κ3) is 2.66. The summed E-state index contributed by atoms with van der Waals surface area (Å²) in [6, 6.07) is 3.17. The van der Waals surface area contributed by atoms with Gasteiger partial charge in [-0.1, -0.05) is 0 Å². The van der Waals surface area contributed by atoms with Crippen LogP contribution in [0.2, 0.25) is 0 Å². The van der Waals surface area contributed by atoms with Crippen molar-refractivity contribution in [2.45, 2.75) is 11.8 Å². The fraction of sp³-hybridized carbons (Fsp3) is 0.0909. The third-order valence-corrected chi connectivity index (χ3v) is 3.80. The van der Waals surface area contributed by atoms with Gasteiger partial charge < -0.3 is 10.8 Å². The maximum atomic E-state index is 11.8. The van der Waals surface area contributed by atoms with Crippen LogP contribution in [0, 0.1) is 6.92 Å². The Morgan fingerprint density at radius 2 is 1.95 bits per heavy atom. The summed E-state index contributed by atoms with van der Waals surface area (Å²) in [7, 11) is -4.53. The van der Waals surface area contributed by atoms with Crippen LogP contribution in [-0.2, 0) is 10.1 Å². The number of hydrogen-bond donors (Lipinski definition) is 4. The van der Waals surface area contributed by atoms with E-state index < -0.39 is 26.5 Å². The van der Waals surface area contributed by atoms with E-state index in [1.165, 1.54) is 13.0 Å². The lowest BCUT2D eigenvalue weighted by atomic mass is 10.2. The van der Waals surface area contributed by atoms with Gasteiger partial charge in [0, 0.05) is 11.8 Å². The number of nitrogens with two attached hydrogens (primary N) is 1. The second kappa shape index (κ2) is 4.75. The van der Waals surface area contributed by atoms with Gasteiger partial charge in [-0.05, 0) is 24.6 Å². The van der Waals surface area contributed by atoms with Crippen molar-refractivity contribution in [1.29, 1.82) is 0 Å². The van der Waals surface area contributed by atoms with E-state index in [2.05, 4.69) is 5.10 Å². The molecule has 0 unspecified atom stereocenters. The maximum absolute atomic E-state index is 11.8. The number of benzene rings is 1. The van der Waals surface area contributed by atoms with Crippen LogP contribution in [0.5, 0.6) is 0 Å². The molecule has 0 bridgehead atoms. The van der Waals surface area contributed by atoms with Gasteiger partial charge in [0.15, 0.2) is 0 Å². The van der Waals surface area contributed by atoms with Gasteiger partial charge in [0.2, 0.25) is 0 Å². The molecule has 0 aliphatic rings. The zero-order valence-corrected chi connectivity index (χ0v) is 11.5. The van der Waals surface area contributed by atoms with Crippen LogP contribution in [0.25, 0.3) is 5.69 Å². The zero-order valence-electron chi connectivity index (χ0n) is 10.7. The summed E-state index contributed by atoms with van der Waals surface area (Å²) < 4.78 is 32.6. The van der Waals surface area contributed by atoms with Crippen molar-refractivity contribution < 1.29 is 22.9 Å². The Labute approximate surface area is 118 Å². The summed E-state index contributed by atoms with van der Waals surface area (Å²) in [4.78, 5) is 22.2. The summed E-state index contributed by atoms with van der Waals surface area (Å²) in [6.45, 7) is 1.35. The molecule has 0 saturated heterocycles. The summed E-state index contributed by atoms with van der Waals surface area (Å²) in [5, 5.41) is 11.1. The molecule has 2 aromatic rings. The number of carbonyl (C=O) groups is 1. The standard InChI is InChI=1S/C11H11N3O6S/c1-5-8(2-6(12)3-9(5)21(18,19)20)14-10(15)4-7(13-14)11(16)17/h2-4,13H,12H2,1H3,(H,16,17)(H,18,19,20). The number of anilines is 1. The normalized spacial score (nSPS) is 11.5. The van der Waals surface area contributed by atoms with E-state index in [-0.39, 0.29) is 22.6 Å². The third-order valence-electron chi connectivity index (χ3n) is 2.82. The predicted molar refractivity (Wildman–Crippen MR) is 72.3 cm³/mol. The predicted octanol–water partition coefficient (Wildman–Crippen LogP) is 0.00112. The molecule has 1 aromatic heterocycles. The number of carboxylic acid groups (broad SMARTS) is 1. The van der Waals surface area contributed by atoms with E-state index in [0.717, 1.165) is 16.8 Å². The molecule has 0 fully saturated rings. The molecule has 0 saturated carbocycles. The van der Waals surface area contributed by atoms with Gasteiger partial charge in [-0.25, -0.2) is 9.48 Å². The molecule has 0 radical (unpaired) electrons. The minimum atomic E-state index is -4.53. The number of nitrogens with one attached hydrogen (secondary N) is 1. The molecule has 10 heteroatoms. The zero-order chi connectivity index (χ0) is 15.9. The molecule has 0 aliphatic carbocycles. The lowest BCUT2D eigenvalue weighted by Crippen LogP contribution is -2.16. The summed E-state index contributed by atoms with van der Waals surface area (Å²) >= 11 is 0. The van der Waals surface area contributed by atoms with Gasteiger partial charge in [-0.15, -0.1) is 0 Å². The van der Waals surface area contributed by atoms with E-state index >= 15 is 0 Å². The highest BCUT2D eigenvalue weighted by Gasteiger charge is 2.20. The fourth-order valence-corrected chi connectivity index (χ4v) is 2.65. The van der Waals surface area contributed by atoms with Gasteiger partial charge >= 0.3 is 5.97 Å². The highest BCUT2D eigenvalue weighted by atomic mass is 32.2. The fourth-order valence-electron chi connectivity index (χ4n) is 1.88. The van der Waals surface area contributed by atoms with Gasteiger partial charge in [0.25, 0.3) is 15.7 Å². The van der Waals surface area contributed by atoms with Crippen molar-refractivity contribution >= 4 is 21.8 Å². The van der Waals surface area contributed by atoms with Crippen molar-refractivity contribution in [2.75, 3.05) is 5.73 Å². The maximum Gasteiger partial charge on any atom is 0.353 e. The Hall–Kier alpha value is -2.59. The number of nitrogens with zero attached hydrogens (tertiary/aromatic N) is 1. The topological polar surface area (TPSA) is 155 Å². The highest BCUT2D eigenvalue weighted by Crippen LogP contribution is 2.24. The Bertz CT molecular complexity index is 893. The van der Waals surface area contributed by atoms with E-state index in [9.17, 15) is 18.0 Å². The summed E-state index contributed by atoms with van der Waals surface area (Å²) in [5.74, 6) is -1.34. The van der Waals surface area contributed by atoms with E-state index in [0.29, 0.717) is 0 Å². The number of hydrogen-bond acceptors (Lipinski definition) is 5. The Balaban J connectivity index is 2.79. The average Bonchev–Trinajstić information content (AvgIpc) is 2.72. The molecule has 9 nitrogen and oxygen atoms in total. The van der Waals surface area contributed by atoms with Crippen LogP contribution in [0.4, 0.5) is 5.69 Å². The molecule has 0 aliphatic heterocycles. The molecule has 1 heterocycles. The van der Waals surface area contributed by atoms with Crippen LogP contribution in [0.3, 0.4) is 0 Å². The van der Waals surface area contributed by atoms with Crippen molar-refractivity contribution in [3.63, 3.8) is 0 Å². The van der Waals surface area contributed by atoms with E-state index in [4.69, 9.17) is 15.4 Å². The minimum absolute atomic E-state index is 0.0124. The number of rotatable bonds is 3. The summed E-state index contributed by atoms with van der Waals surface area (Å²) in [6.07, 6.45) is 0. The molecule has 112 valence electrons. The van der Waals surface area contributed by atoms with Crippen LogP contribution in [-0.4, -0.2) is 33.8 Å². The number of aromatic carboxylic acids is 1. The Morgan fingerprint density at radius 3 is 2.43 bits per heavy atom. The number of nitrogen functional groups attached to an aromatic ring is 1. The number of carboxylic acids is 1. The quantitative estimate of drug-likeness (QED) is 0.459. The molecule has 5 N–H and O–H groups in total. The van der Waals surface area contributed by atoms with Crippen LogP contribution in [0.1, 0.15) is 16.1 Å². The number of H-pyrrole nitrogens is 1. The molecule has 1 aromatic carbocycles. The van der Waals surface area contributed by atoms with Crippen molar-refractivity contribution in [1.82, 2.24) is 9.78 Å². The van der Waals surface area contributed by atoms with Crippen LogP contribution in [0.15, 0.2) is 27.9 Å². The molecule has 0 spiro atoms. The Morgan fingerprint density at radius 1 is 1.33 bits per heavy atom. The van der Waals surface area contributed by atoms with Crippen molar-refractivity contribution in [2.24, 2.45) is 0 Å². The second-order valence-corrected chi connectivity index (χ2v) is 5.68. The molecular formula is C11H11N3O6S. The lowest BCUT2D eigenvalue weighted by molar-refractivity contribution is 0.0690. The number of aromatic amines is 1. The van der Waals surface area contributed by atoms with Crippen molar-refractivity contribution in [3.8, 4) is 5.69 Å². The molecule has 0 atom stereocenters. The highest BCUT2D eigenvalue weighted by molar-refractivity contribution is 7.85. The molecule has 0 amide bonds. The van der Waals surface area contributed by atoms with Gasteiger partial charge in [-0.2, -0.15) is 8.42 Å². The van der Waals surface area contributed by atoms with Gasteiger partial charge in [-0.3, -0.25) is 14.4 Å². The van der Waals surface area contributed by atoms with Crippen molar-refractivity contribution in [3.05, 3.63) is 39.8 Å². The van der Waals surface area contributed by atoms with Crippen LogP contribution >= 0.6 is 0 Å². The van der Waals surface area contributed by atoms with Gasteiger partial charge in [0.1, 0.15) is 10.6 Å². The van der Waals surface area contributed by atoms with E-state index in [1.54, 1.807) is 0 Å². The Kier molecular flexibility index (Phi) is 3.35. The second-order valence-electron chi connectivity index (χ2n) is 4.29. The molecule has 2 rings (SSSR count). The smallest absolute Gasteiger partial charge is 0.353 e. The lowest BCUT2D eigenvalue weighted by Gasteiger charge is -2.11. The first-order chi connectivity index (χ1) is 9.61. The largest absolute Gasteiger partial charge is 0.477 e. The first kappa shape index (κ1) is 14.8. The first-order valence-electron chi connectivity index (χ1n) is 5.54. The molecular weight excluding hydrogens is 302 g/mol. The monoisotopic (exact) mass is 313 g/mol. The number of aromatic nitrogens is 2. The molecule has 21 heavy (non-hydrogen) atoms. The minimum Gasteiger partial charge on any atom is -0.477 e. The van der Waals surface area contributed by atoms with Gasteiger partial charge in [0.05, 0.1) is 5.69 Å². The first-order valence-corrected chi connectivity index (χ1v) is 6.98. The average molecular weight is 313 g/mol. The SMILES string of the molecule is Cc1c(-n2[nH]c(C(=O)O)cc2=O)cc(N)cc1S(=O)(=O)O. The summed E-state index contributed by atoms with van der Waals surface area (Å²) in [5.41, 5.74) is 4.55. The van der Waals surface area contributed by atoms with Crippen LogP contribution < -0.4 is 11.3 Å². The van der Waals surface area contributed by atoms with E-state index in [1.807, 2.05) is 0 Å².